The summed E-state index contributed by atoms with van der Waals surface area (Å²) in [7, 11) is 0. The average molecular weight is 370 g/mol. The van der Waals surface area contributed by atoms with Gasteiger partial charge in [-0.25, -0.2) is 0 Å². The minimum Gasteiger partial charge on any atom is -0.317 e. The Morgan fingerprint density at radius 3 is 2.71 bits per heavy atom. The molecule has 0 saturated carbocycles. The van der Waals surface area contributed by atoms with Crippen molar-refractivity contribution in [2.75, 3.05) is 13.1 Å². The third kappa shape index (κ3) is 3.06. The predicted octanol–water partition coefficient (Wildman–Crippen LogP) is 5.39. The van der Waals surface area contributed by atoms with Crippen molar-refractivity contribution >= 4 is 10.9 Å². The molecule has 3 fully saturated rings. The highest BCUT2D eigenvalue weighted by atomic mass is 15.4. The summed E-state index contributed by atoms with van der Waals surface area (Å²) in [6.45, 7) is 7.87. The molecule has 0 N–H and O–H groups in total. The molecule has 4 atom stereocenters. The van der Waals surface area contributed by atoms with E-state index in [9.17, 15) is 0 Å². The smallest absolute Gasteiger partial charge is 0.105 e. The lowest BCUT2D eigenvalue weighted by Gasteiger charge is -2.57. The first-order valence-corrected chi connectivity index (χ1v) is 10.6. The molecule has 2 nitrogen and oxygen atoms in total. The Balaban J connectivity index is 1.50. The van der Waals surface area contributed by atoms with E-state index in [-0.39, 0.29) is 0 Å². The quantitative estimate of drug-likeness (QED) is 0.434. The highest BCUT2D eigenvalue weighted by molar-refractivity contribution is 5.81. The number of hydrogen-bond donors (Lipinski definition) is 0. The van der Waals surface area contributed by atoms with Crippen molar-refractivity contribution in [2.45, 2.75) is 31.8 Å². The van der Waals surface area contributed by atoms with Crippen LogP contribution in [-0.2, 0) is 13.0 Å². The van der Waals surface area contributed by atoms with Gasteiger partial charge in [0.2, 0.25) is 0 Å². The van der Waals surface area contributed by atoms with Crippen molar-refractivity contribution in [3.05, 3.63) is 90.6 Å². The summed E-state index contributed by atoms with van der Waals surface area (Å²) in [5, 5.41) is 1.32. The Kier molecular flexibility index (Phi) is 4.52. The third-order valence-electron chi connectivity index (χ3n) is 7.31. The maximum atomic E-state index is 4.57. The van der Waals surface area contributed by atoms with Gasteiger partial charge in [-0.3, -0.25) is 4.98 Å². The minimum atomic E-state index is 0.669. The molecule has 1 aromatic heterocycles. The summed E-state index contributed by atoms with van der Waals surface area (Å²) in [4.78, 5) is 4.57. The van der Waals surface area contributed by atoms with Crippen molar-refractivity contribution in [2.24, 2.45) is 11.8 Å². The monoisotopic (exact) mass is 369 g/mol. The number of quaternary nitrogens is 1. The normalized spacial score (nSPS) is 29.1. The molecule has 2 bridgehead atoms. The van der Waals surface area contributed by atoms with Gasteiger partial charge in [-0.1, -0.05) is 54.6 Å². The molecule has 28 heavy (non-hydrogen) atoms. The van der Waals surface area contributed by atoms with Crippen molar-refractivity contribution in [1.29, 1.82) is 0 Å². The van der Waals surface area contributed by atoms with E-state index < -0.39 is 0 Å². The van der Waals surface area contributed by atoms with Crippen LogP contribution in [0.25, 0.3) is 10.9 Å². The van der Waals surface area contributed by atoms with Gasteiger partial charge in [-0.05, 0) is 23.6 Å². The Bertz CT molecular complexity index is 975. The van der Waals surface area contributed by atoms with E-state index in [1.807, 2.05) is 6.20 Å². The number of benzene rings is 2. The highest BCUT2D eigenvalue weighted by Crippen LogP contribution is 2.45. The number of rotatable bonds is 5. The third-order valence-corrected chi connectivity index (χ3v) is 7.31. The first-order valence-electron chi connectivity index (χ1n) is 10.6. The number of aromatic nitrogens is 1. The first-order chi connectivity index (χ1) is 13.8. The number of hydrogen-bond acceptors (Lipinski definition) is 1. The van der Waals surface area contributed by atoms with E-state index in [4.69, 9.17) is 0 Å². The summed E-state index contributed by atoms with van der Waals surface area (Å²) < 4.78 is 1.22. The zero-order valence-electron chi connectivity index (χ0n) is 16.5. The second-order valence-electron chi connectivity index (χ2n) is 8.80. The van der Waals surface area contributed by atoms with Crippen molar-refractivity contribution in [3.63, 3.8) is 0 Å². The van der Waals surface area contributed by atoms with Gasteiger partial charge in [-0.2, -0.15) is 0 Å². The number of para-hydroxylation sites is 1. The van der Waals surface area contributed by atoms with Crippen LogP contribution in [0.15, 0.2) is 79.5 Å². The molecular weight excluding hydrogens is 340 g/mol. The Morgan fingerprint density at radius 1 is 1.04 bits per heavy atom. The van der Waals surface area contributed by atoms with E-state index >= 15 is 0 Å². The SMILES string of the molecule is C=CC1C[N+]2(Cc3ccccc3)CCC1CC2Cc1ccnc2ccccc12. The lowest BCUT2D eigenvalue weighted by Crippen LogP contribution is -2.66. The molecule has 142 valence electrons. The van der Waals surface area contributed by atoms with Crippen LogP contribution in [0, 0.1) is 11.8 Å². The van der Waals surface area contributed by atoms with Gasteiger partial charge in [0.15, 0.2) is 0 Å². The second-order valence-corrected chi connectivity index (χ2v) is 8.80. The second kappa shape index (κ2) is 7.18. The van der Waals surface area contributed by atoms with E-state index in [2.05, 4.69) is 78.3 Å². The van der Waals surface area contributed by atoms with Crippen LogP contribution >= 0.6 is 0 Å². The van der Waals surface area contributed by atoms with E-state index in [0.29, 0.717) is 12.0 Å². The van der Waals surface area contributed by atoms with Crippen LogP contribution in [0.4, 0.5) is 0 Å². The molecule has 3 aliphatic rings. The zero-order chi connectivity index (χ0) is 19.0. The van der Waals surface area contributed by atoms with Crippen molar-refractivity contribution < 1.29 is 4.48 Å². The molecule has 4 heterocycles. The number of piperidine rings is 3. The maximum absolute atomic E-state index is 4.57. The zero-order valence-corrected chi connectivity index (χ0v) is 16.5. The molecule has 3 aromatic rings. The van der Waals surface area contributed by atoms with E-state index in [0.717, 1.165) is 24.4 Å². The fourth-order valence-corrected chi connectivity index (χ4v) is 5.85. The fourth-order valence-electron chi connectivity index (χ4n) is 5.85. The minimum absolute atomic E-state index is 0.669. The summed E-state index contributed by atoms with van der Waals surface area (Å²) in [6, 6.07) is 22.6. The molecule has 6 rings (SSSR count). The standard InChI is InChI=1S/C26H29N2/c1-2-21-19-28(18-20-8-4-3-5-9-20)15-13-22(21)16-24(28)17-23-12-14-27-26-11-7-6-10-25(23)26/h2-12,14,21-22,24H,1,13,15-19H2/q+1. The lowest BCUT2D eigenvalue weighted by atomic mass is 9.72. The Hall–Kier alpha value is -2.45. The molecule has 0 spiro atoms. The number of nitrogens with zero attached hydrogens (tertiary/aromatic N) is 2. The molecule has 2 aromatic carbocycles. The van der Waals surface area contributed by atoms with Crippen molar-refractivity contribution in [1.82, 2.24) is 4.98 Å². The van der Waals surface area contributed by atoms with Crippen molar-refractivity contribution in [3.8, 4) is 0 Å². The molecule has 2 heteroatoms. The van der Waals surface area contributed by atoms with Gasteiger partial charge in [0, 0.05) is 42.3 Å². The van der Waals surface area contributed by atoms with Gasteiger partial charge in [0.1, 0.15) is 6.54 Å². The van der Waals surface area contributed by atoms with Crippen LogP contribution in [0.3, 0.4) is 0 Å². The molecule has 3 aliphatic heterocycles. The molecular formula is C26H29N2+. The predicted molar refractivity (Wildman–Crippen MR) is 116 cm³/mol. The summed E-state index contributed by atoms with van der Waals surface area (Å²) >= 11 is 0. The molecule has 4 unspecified atom stereocenters. The molecule has 0 radical (unpaired) electrons. The van der Waals surface area contributed by atoms with E-state index in [1.165, 1.54) is 46.9 Å². The number of fused-ring (bicyclic) bond motifs is 4. The molecule has 0 aliphatic carbocycles. The van der Waals surface area contributed by atoms with Gasteiger partial charge in [-0.15, -0.1) is 6.58 Å². The highest BCUT2D eigenvalue weighted by Gasteiger charge is 2.50. The fraction of sp³-hybridized carbons (Fsp3) is 0.346. The maximum Gasteiger partial charge on any atom is 0.105 e. The van der Waals surface area contributed by atoms with Crippen LogP contribution < -0.4 is 0 Å². The van der Waals surface area contributed by atoms with Gasteiger partial charge in [0.25, 0.3) is 0 Å². The summed E-state index contributed by atoms with van der Waals surface area (Å²) in [5.41, 5.74) is 4.05. The Morgan fingerprint density at radius 2 is 1.86 bits per heavy atom. The first kappa shape index (κ1) is 17.6. The average Bonchev–Trinajstić information content (AvgIpc) is 2.75. The van der Waals surface area contributed by atoms with Gasteiger partial charge >= 0.3 is 0 Å². The summed E-state index contributed by atoms with van der Waals surface area (Å²) in [5.74, 6) is 1.48. The van der Waals surface area contributed by atoms with E-state index in [1.54, 1.807) is 0 Å². The summed E-state index contributed by atoms with van der Waals surface area (Å²) in [6.07, 6.45) is 8.04. The Labute approximate surface area is 168 Å². The van der Waals surface area contributed by atoms with Crippen LogP contribution in [-0.4, -0.2) is 28.6 Å². The lowest BCUT2D eigenvalue weighted by molar-refractivity contribution is -0.981. The van der Waals surface area contributed by atoms with Gasteiger partial charge < -0.3 is 4.48 Å². The topological polar surface area (TPSA) is 12.9 Å². The molecule has 0 amide bonds. The van der Waals surface area contributed by atoms with Crippen LogP contribution in [0.2, 0.25) is 0 Å². The van der Waals surface area contributed by atoms with Crippen LogP contribution in [0.1, 0.15) is 24.0 Å². The number of pyridine rings is 1. The van der Waals surface area contributed by atoms with Crippen LogP contribution in [0.5, 0.6) is 0 Å². The van der Waals surface area contributed by atoms with Gasteiger partial charge in [0.05, 0.1) is 24.6 Å². The molecule has 3 saturated heterocycles. The largest absolute Gasteiger partial charge is 0.317 e.